The molecule has 0 aliphatic rings. The minimum absolute atomic E-state index is 0.120. The fourth-order valence-electron chi connectivity index (χ4n) is 0.962. The Balaban J connectivity index is 2.49. The lowest BCUT2D eigenvalue weighted by atomic mass is 10.0. The second-order valence-electron chi connectivity index (χ2n) is 3.06. The highest BCUT2D eigenvalue weighted by Crippen LogP contribution is 2.19. The summed E-state index contributed by atoms with van der Waals surface area (Å²) in [5.74, 6) is 0.632. The molecule has 1 aromatic rings. The SMILES string of the molecule is CC(C)CC(N)c1cnns1. The van der Waals surface area contributed by atoms with Gasteiger partial charge in [-0.25, -0.2) is 0 Å². The van der Waals surface area contributed by atoms with Crippen molar-refractivity contribution in [3.05, 3.63) is 11.1 Å². The lowest BCUT2D eigenvalue weighted by Gasteiger charge is -2.10. The summed E-state index contributed by atoms with van der Waals surface area (Å²) in [6.07, 6.45) is 2.75. The molecule has 0 fully saturated rings. The van der Waals surface area contributed by atoms with Gasteiger partial charge in [0, 0.05) is 6.04 Å². The van der Waals surface area contributed by atoms with E-state index in [1.165, 1.54) is 11.5 Å². The standard InChI is InChI=1S/C7H13N3S/c1-5(2)3-6(8)7-4-9-10-11-7/h4-6H,3,8H2,1-2H3. The van der Waals surface area contributed by atoms with Crippen LogP contribution >= 0.6 is 11.5 Å². The third-order valence-electron chi connectivity index (χ3n) is 1.47. The number of nitrogens with zero attached hydrogens (tertiary/aromatic N) is 2. The molecule has 1 aromatic heterocycles. The molecule has 1 atom stereocenters. The molecule has 1 heterocycles. The summed E-state index contributed by atoms with van der Waals surface area (Å²) >= 11 is 1.39. The van der Waals surface area contributed by atoms with Gasteiger partial charge in [-0.3, -0.25) is 0 Å². The summed E-state index contributed by atoms with van der Waals surface area (Å²) in [5.41, 5.74) is 5.87. The molecular weight excluding hydrogens is 158 g/mol. The third-order valence-corrected chi connectivity index (χ3v) is 2.26. The zero-order valence-corrected chi connectivity index (χ0v) is 7.64. The molecule has 0 aliphatic heterocycles. The molecule has 0 saturated carbocycles. The highest BCUT2D eigenvalue weighted by atomic mass is 32.1. The highest BCUT2D eigenvalue weighted by molar-refractivity contribution is 7.05. The minimum Gasteiger partial charge on any atom is -0.323 e. The van der Waals surface area contributed by atoms with Crippen LogP contribution in [0, 0.1) is 5.92 Å². The summed E-state index contributed by atoms with van der Waals surface area (Å²) in [6, 6.07) is 0.120. The van der Waals surface area contributed by atoms with Gasteiger partial charge in [0.15, 0.2) is 0 Å². The van der Waals surface area contributed by atoms with Crippen molar-refractivity contribution in [3.8, 4) is 0 Å². The van der Waals surface area contributed by atoms with Gasteiger partial charge < -0.3 is 5.73 Å². The second-order valence-corrected chi connectivity index (χ2v) is 3.87. The first-order valence-electron chi connectivity index (χ1n) is 3.73. The van der Waals surface area contributed by atoms with Crippen molar-refractivity contribution in [3.63, 3.8) is 0 Å². The highest BCUT2D eigenvalue weighted by Gasteiger charge is 2.09. The number of hydrogen-bond donors (Lipinski definition) is 1. The van der Waals surface area contributed by atoms with E-state index in [2.05, 4.69) is 23.4 Å². The van der Waals surface area contributed by atoms with E-state index in [0.717, 1.165) is 11.3 Å². The van der Waals surface area contributed by atoms with E-state index in [1.54, 1.807) is 6.20 Å². The van der Waals surface area contributed by atoms with Crippen LogP contribution in [0.4, 0.5) is 0 Å². The normalized spacial score (nSPS) is 13.8. The molecule has 1 rings (SSSR count). The Bertz CT molecular complexity index is 195. The van der Waals surface area contributed by atoms with Gasteiger partial charge in [-0.05, 0) is 23.9 Å². The van der Waals surface area contributed by atoms with Crippen molar-refractivity contribution in [2.24, 2.45) is 11.7 Å². The lowest BCUT2D eigenvalue weighted by molar-refractivity contribution is 0.514. The quantitative estimate of drug-likeness (QED) is 0.751. The summed E-state index contributed by atoms with van der Waals surface area (Å²) in [7, 11) is 0. The van der Waals surface area contributed by atoms with E-state index in [-0.39, 0.29) is 6.04 Å². The molecule has 0 bridgehead atoms. The number of rotatable bonds is 3. The van der Waals surface area contributed by atoms with Crippen LogP contribution in [0.5, 0.6) is 0 Å². The van der Waals surface area contributed by atoms with Gasteiger partial charge in [0.2, 0.25) is 0 Å². The molecule has 0 saturated heterocycles. The Morgan fingerprint density at radius 1 is 1.64 bits per heavy atom. The van der Waals surface area contributed by atoms with Crippen LogP contribution in [-0.2, 0) is 0 Å². The predicted molar refractivity (Wildman–Crippen MR) is 46.3 cm³/mol. The second kappa shape index (κ2) is 3.78. The average Bonchev–Trinajstić information content (AvgIpc) is 2.35. The zero-order valence-electron chi connectivity index (χ0n) is 6.82. The van der Waals surface area contributed by atoms with Gasteiger partial charge in [-0.1, -0.05) is 18.3 Å². The van der Waals surface area contributed by atoms with Crippen LogP contribution in [0.25, 0.3) is 0 Å². The van der Waals surface area contributed by atoms with Gasteiger partial charge in [-0.2, -0.15) is 0 Å². The van der Waals surface area contributed by atoms with Crippen LogP contribution in [0.1, 0.15) is 31.2 Å². The van der Waals surface area contributed by atoms with Crippen LogP contribution in [0.15, 0.2) is 6.20 Å². The molecule has 0 amide bonds. The van der Waals surface area contributed by atoms with Gasteiger partial charge in [0.05, 0.1) is 11.1 Å². The van der Waals surface area contributed by atoms with Gasteiger partial charge in [0.1, 0.15) is 0 Å². The Morgan fingerprint density at radius 2 is 2.36 bits per heavy atom. The topological polar surface area (TPSA) is 51.8 Å². The molecule has 3 nitrogen and oxygen atoms in total. The first-order valence-corrected chi connectivity index (χ1v) is 4.50. The Morgan fingerprint density at radius 3 is 2.82 bits per heavy atom. The van der Waals surface area contributed by atoms with Gasteiger partial charge in [0.25, 0.3) is 0 Å². The number of aromatic nitrogens is 2. The van der Waals surface area contributed by atoms with Crippen LogP contribution in [0.3, 0.4) is 0 Å². The van der Waals surface area contributed by atoms with Crippen molar-refractivity contribution in [1.29, 1.82) is 0 Å². The maximum atomic E-state index is 5.87. The minimum atomic E-state index is 0.120. The van der Waals surface area contributed by atoms with Crippen molar-refractivity contribution >= 4 is 11.5 Å². The Kier molecular flexibility index (Phi) is 2.96. The van der Waals surface area contributed by atoms with Crippen molar-refractivity contribution in [2.45, 2.75) is 26.3 Å². The van der Waals surface area contributed by atoms with Crippen molar-refractivity contribution in [1.82, 2.24) is 9.59 Å². The summed E-state index contributed by atoms with van der Waals surface area (Å²) in [4.78, 5) is 1.08. The molecule has 62 valence electrons. The van der Waals surface area contributed by atoms with E-state index in [9.17, 15) is 0 Å². The summed E-state index contributed by atoms with van der Waals surface area (Å²) in [6.45, 7) is 4.32. The number of nitrogens with two attached hydrogens (primary N) is 1. The maximum absolute atomic E-state index is 5.87. The number of hydrogen-bond acceptors (Lipinski definition) is 4. The molecule has 0 aromatic carbocycles. The van der Waals surface area contributed by atoms with Crippen LogP contribution in [0.2, 0.25) is 0 Å². The first kappa shape index (κ1) is 8.62. The fraction of sp³-hybridized carbons (Fsp3) is 0.714. The van der Waals surface area contributed by atoms with Crippen molar-refractivity contribution < 1.29 is 0 Å². The van der Waals surface area contributed by atoms with Crippen LogP contribution < -0.4 is 5.73 Å². The molecule has 4 heteroatoms. The predicted octanol–water partition coefficient (Wildman–Crippen LogP) is 1.58. The Labute approximate surface area is 70.8 Å². The van der Waals surface area contributed by atoms with E-state index in [1.807, 2.05) is 0 Å². The van der Waals surface area contributed by atoms with E-state index >= 15 is 0 Å². The van der Waals surface area contributed by atoms with Gasteiger partial charge in [-0.15, -0.1) is 5.10 Å². The first-order chi connectivity index (χ1) is 5.20. The smallest absolute Gasteiger partial charge is 0.0669 e. The zero-order chi connectivity index (χ0) is 8.27. The van der Waals surface area contributed by atoms with E-state index in [4.69, 9.17) is 5.73 Å². The largest absolute Gasteiger partial charge is 0.323 e. The monoisotopic (exact) mass is 171 g/mol. The summed E-state index contributed by atoms with van der Waals surface area (Å²) in [5, 5.41) is 3.74. The molecule has 0 aliphatic carbocycles. The molecule has 0 spiro atoms. The molecule has 0 radical (unpaired) electrons. The Hall–Kier alpha value is -0.480. The summed E-state index contributed by atoms with van der Waals surface area (Å²) < 4.78 is 3.76. The fourth-order valence-corrected chi connectivity index (χ4v) is 1.48. The van der Waals surface area contributed by atoms with Crippen LogP contribution in [-0.4, -0.2) is 9.59 Å². The van der Waals surface area contributed by atoms with E-state index in [0.29, 0.717) is 5.92 Å². The molecular formula is C7H13N3S. The molecule has 2 N–H and O–H groups in total. The maximum Gasteiger partial charge on any atom is 0.0669 e. The molecule has 11 heavy (non-hydrogen) atoms. The molecule has 1 unspecified atom stereocenters. The average molecular weight is 171 g/mol. The van der Waals surface area contributed by atoms with E-state index < -0.39 is 0 Å². The van der Waals surface area contributed by atoms with Crippen molar-refractivity contribution in [2.75, 3.05) is 0 Å². The van der Waals surface area contributed by atoms with Gasteiger partial charge >= 0.3 is 0 Å². The third kappa shape index (κ3) is 2.55. The lowest BCUT2D eigenvalue weighted by Crippen LogP contribution is -2.11.